The summed E-state index contributed by atoms with van der Waals surface area (Å²) in [5.41, 5.74) is 1.89. The third-order valence-electron chi connectivity index (χ3n) is 4.35. The molecule has 3 unspecified atom stereocenters. The van der Waals surface area contributed by atoms with Crippen LogP contribution in [0.25, 0.3) is 0 Å². The first-order valence-electron chi connectivity index (χ1n) is 8.83. The predicted octanol–water partition coefficient (Wildman–Crippen LogP) is 2.04. The van der Waals surface area contributed by atoms with Gasteiger partial charge in [-0.2, -0.15) is 0 Å². The smallest absolute Gasteiger partial charge is 0.251 e. The Morgan fingerprint density at radius 1 is 1.29 bits per heavy atom. The van der Waals surface area contributed by atoms with Crippen LogP contribution >= 0.6 is 0 Å². The third kappa shape index (κ3) is 5.89. The van der Waals surface area contributed by atoms with Crippen LogP contribution in [-0.2, 0) is 11.3 Å². The summed E-state index contributed by atoms with van der Waals surface area (Å²) >= 11 is 0. The molecule has 1 aromatic carbocycles. The normalized spacial score (nSPS) is 23.0. The lowest BCUT2D eigenvalue weighted by molar-refractivity contribution is -0.0704. The van der Waals surface area contributed by atoms with E-state index in [2.05, 4.69) is 24.1 Å². The molecule has 1 aliphatic heterocycles. The molecule has 0 bridgehead atoms. The van der Waals surface area contributed by atoms with E-state index in [-0.39, 0.29) is 30.6 Å². The van der Waals surface area contributed by atoms with E-state index in [1.54, 1.807) is 0 Å². The number of carbonyl (C=O) groups is 1. The minimum atomic E-state index is -0.0556. The average molecular weight is 334 g/mol. The second-order valence-corrected chi connectivity index (χ2v) is 6.98. The molecule has 2 rings (SSSR count). The highest BCUT2D eigenvalue weighted by molar-refractivity contribution is 5.94. The van der Waals surface area contributed by atoms with Gasteiger partial charge in [0.05, 0.1) is 12.2 Å². The third-order valence-corrected chi connectivity index (χ3v) is 4.35. The van der Waals surface area contributed by atoms with Crippen LogP contribution < -0.4 is 5.32 Å². The second-order valence-electron chi connectivity index (χ2n) is 6.98. The molecule has 5 nitrogen and oxygen atoms in total. The minimum Gasteiger partial charge on any atom is -0.396 e. The van der Waals surface area contributed by atoms with E-state index < -0.39 is 0 Å². The largest absolute Gasteiger partial charge is 0.396 e. The van der Waals surface area contributed by atoms with Crippen LogP contribution in [0, 0.1) is 5.92 Å². The number of ether oxygens (including phenoxy) is 1. The summed E-state index contributed by atoms with van der Waals surface area (Å²) < 4.78 is 5.76. The summed E-state index contributed by atoms with van der Waals surface area (Å²) in [5.74, 6) is 0.225. The van der Waals surface area contributed by atoms with Gasteiger partial charge in [0, 0.05) is 38.3 Å². The molecule has 1 saturated heterocycles. The van der Waals surface area contributed by atoms with Gasteiger partial charge in [0.2, 0.25) is 0 Å². The Balaban J connectivity index is 1.85. The molecule has 1 aliphatic rings. The predicted molar refractivity (Wildman–Crippen MR) is 94.9 cm³/mol. The highest BCUT2D eigenvalue weighted by Crippen LogP contribution is 2.15. The number of aliphatic hydroxyl groups excluding tert-OH is 1. The standard InChI is InChI=1S/C19H30N2O3/c1-14(8-9-22)10-20-19(23)18-6-4-17(5-7-18)13-21-11-15(2)24-16(3)12-21/h4-7,14-16,22H,8-13H2,1-3H3,(H,20,23). The number of rotatable bonds is 7. The number of carbonyl (C=O) groups excluding carboxylic acids is 1. The molecule has 134 valence electrons. The van der Waals surface area contributed by atoms with Crippen LogP contribution in [0.3, 0.4) is 0 Å². The molecule has 0 aromatic heterocycles. The van der Waals surface area contributed by atoms with E-state index in [1.165, 1.54) is 5.56 Å². The van der Waals surface area contributed by atoms with Gasteiger partial charge >= 0.3 is 0 Å². The van der Waals surface area contributed by atoms with E-state index in [9.17, 15) is 4.79 Å². The second kappa shape index (κ2) is 9.16. The minimum absolute atomic E-state index is 0.0556. The first kappa shape index (κ1) is 18.9. The van der Waals surface area contributed by atoms with Gasteiger partial charge in [-0.25, -0.2) is 0 Å². The van der Waals surface area contributed by atoms with Gasteiger partial charge in [-0.1, -0.05) is 19.1 Å². The summed E-state index contributed by atoms with van der Waals surface area (Å²) in [4.78, 5) is 14.5. The first-order valence-corrected chi connectivity index (χ1v) is 8.83. The Hall–Kier alpha value is -1.43. The van der Waals surface area contributed by atoms with Crippen LogP contribution in [-0.4, -0.2) is 54.4 Å². The maximum absolute atomic E-state index is 12.1. The maximum Gasteiger partial charge on any atom is 0.251 e. The van der Waals surface area contributed by atoms with Crippen molar-refractivity contribution in [2.75, 3.05) is 26.2 Å². The molecule has 2 N–H and O–H groups in total. The summed E-state index contributed by atoms with van der Waals surface area (Å²) in [6.07, 6.45) is 1.23. The highest BCUT2D eigenvalue weighted by atomic mass is 16.5. The number of aliphatic hydroxyl groups is 1. The molecule has 0 radical (unpaired) electrons. The lowest BCUT2D eigenvalue weighted by Crippen LogP contribution is -2.44. The summed E-state index contributed by atoms with van der Waals surface area (Å²) in [6.45, 7) is 9.74. The van der Waals surface area contributed by atoms with E-state index in [4.69, 9.17) is 9.84 Å². The molecule has 0 saturated carbocycles. The fourth-order valence-electron chi connectivity index (χ4n) is 3.12. The van der Waals surface area contributed by atoms with Crippen LogP contribution in [0.2, 0.25) is 0 Å². The lowest BCUT2D eigenvalue weighted by atomic mass is 10.1. The zero-order chi connectivity index (χ0) is 17.5. The van der Waals surface area contributed by atoms with Crippen LogP contribution in [0.5, 0.6) is 0 Å². The van der Waals surface area contributed by atoms with Crippen molar-refractivity contribution in [2.24, 2.45) is 5.92 Å². The Morgan fingerprint density at radius 2 is 1.92 bits per heavy atom. The molecule has 1 fully saturated rings. The number of benzene rings is 1. The van der Waals surface area contributed by atoms with Crippen LogP contribution in [0.15, 0.2) is 24.3 Å². The zero-order valence-electron chi connectivity index (χ0n) is 15.0. The fourth-order valence-corrected chi connectivity index (χ4v) is 3.12. The number of hydrogen-bond donors (Lipinski definition) is 2. The zero-order valence-corrected chi connectivity index (χ0v) is 15.0. The average Bonchev–Trinajstić information content (AvgIpc) is 2.52. The number of nitrogens with zero attached hydrogens (tertiary/aromatic N) is 1. The summed E-state index contributed by atoms with van der Waals surface area (Å²) in [5, 5.41) is 11.8. The highest BCUT2D eigenvalue weighted by Gasteiger charge is 2.22. The number of nitrogens with one attached hydrogen (secondary N) is 1. The molecule has 0 aliphatic carbocycles. The van der Waals surface area contributed by atoms with Crippen LogP contribution in [0.1, 0.15) is 43.1 Å². The number of morpholine rings is 1. The van der Waals surface area contributed by atoms with Crippen molar-refractivity contribution >= 4 is 5.91 Å². The Kier molecular flexibility index (Phi) is 7.21. The first-order chi connectivity index (χ1) is 11.5. The van der Waals surface area contributed by atoms with Gasteiger partial charge in [-0.15, -0.1) is 0 Å². The van der Waals surface area contributed by atoms with Gasteiger partial charge in [-0.3, -0.25) is 9.69 Å². The SMILES string of the molecule is CC(CCO)CNC(=O)c1ccc(CN2CC(C)OC(C)C2)cc1. The van der Waals surface area contributed by atoms with Gasteiger partial charge in [-0.05, 0) is 43.9 Å². The van der Waals surface area contributed by atoms with Crippen molar-refractivity contribution in [3.63, 3.8) is 0 Å². The van der Waals surface area contributed by atoms with Gasteiger partial charge in [0.1, 0.15) is 0 Å². The van der Waals surface area contributed by atoms with Crippen molar-refractivity contribution in [1.82, 2.24) is 10.2 Å². The van der Waals surface area contributed by atoms with Crippen molar-refractivity contribution in [1.29, 1.82) is 0 Å². The summed E-state index contributed by atoms with van der Waals surface area (Å²) in [6, 6.07) is 7.82. The van der Waals surface area contributed by atoms with Crippen molar-refractivity contribution < 1.29 is 14.6 Å². The number of amides is 1. The fraction of sp³-hybridized carbons (Fsp3) is 0.632. The van der Waals surface area contributed by atoms with Gasteiger partial charge in [0.15, 0.2) is 0 Å². The van der Waals surface area contributed by atoms with E-state index >= 15 is 0 Å². The Labute approximate surface area is 145 Å². The van der Waals surface area contributed by atoms with Crippen molar-refractivity contribution in [3.8, 4) is 0 Å². The van der Waals surface area contributed by atoms with Gasteiger partial charge < -0.3 is 15.2 Å². The lowest BCUT2D eigenvalue weighted by Gasteiger charge is -2.35. The molecule has 0 spiro atoms. The monoisotopic (exact) mass is 334 g/mol. The molecular weight excluding hydrogens is 304 g/mol. The molecule has 1 amide bonds. The van der Waals surface area contributed by atoms with E-state index in [0.717, 1.165) is 19.6 Å². The maximum atomic E-state index is 12.1. The van der Waals surface area contributed by atoms with Gasteiger partial charge in [0.25, 0.3) is 5.91 Å². The molecule has 5 heteroatoms. The molecule has 24 heavy (non-hydrogen) atoms. The van der Waals surface area contributed by atoms with Crippen molar-refractivity contribution in [2.45, 2.75) is 45.9 Å². The van der Waals surface area contributed by atoms with Crippen molar-refractivity contribution in [3.05, 3.63) is 35.4 Å². The Bertz CT molecular complexity index is 508. The van der Waals surface area contributed by atoms with E-state index in [1.807, 2.05) is 31.2 Å². The van der Waals surface area contributed by atoms with E-state index in [0.29, 0.717) is 18.5 Å². The summed E-state index contributed by atoms with van der Waals surface area (Å²) in [7, 11) is 0. The van der Waals surface area contributed by atoms with Crippen LogP contribution in [0.4, 0.5) is 0 Å². The topological polar surface area (TPSA) is 61.8 Å². The molecule has 1 aromatic rings. The Morgan fingerprint density at radius 3 is 2.50 bits per heavy atom. The number of hydrogen-bond acceptors (Lipinski definition) is 4. The molecular formula is C19H30N2O3. The quantitative estimate of drug-likeness (QED) is 0.801. The molecule has 1 heterocycles. The molecule has 3 atom stereocenters.